The van der Waals surface area contributed by atoms with Crippen LogP contribution in [0.15, 0.2) is 28.8 Å². The summed E-state index contributed by atoms with van der Waals surface area (Å²) in [4.78, 5) is 14.6. The molecule has 0 bridgehead atoms. The first-order chi connectivity index (χ1) is 9.52. The highest BCUT2D eigenvalue weighted by Gasteiger charge is 2.15. The molecule has 1 heterocycles. The monoisotopic (exact) mass is 275 g/mol. The van der Waals surface area contributed by atoms with E-state index in [4.69, 9.17) is 4.42 Å². The van der Waals surface area contributed by atoms with E-state index in [1.165, 1.54) is 6.07 Å². The summed E-state index contributed by atoms with van der Waals surface area (Å²) in [5.41, 5.74) is 1.50. The second-order valence-corrected chi connectivity index (χ2v) is 4.60. The number of nitro benzene ring substituents is 1. The molecule has 6 nitrogen and oxygen atoms in total. The Morgan fingerprint density at radius 2 is 2.25 bits per heavy atom. The van der Waals surface area contributed by atoms with Crippen molar-refractivity contribution in [2.45, 2.75) is 26.8 Å². The Morgan fingerprint density at radius 1 is 1.50 bits per heavy atom. The van der Waals surface area contributed by atoms with Gasteiger partial charge in [0, 0.05) is 17.2 Å². The molecule has 0 aliphatic heterocycles. The van der Waals surface area contributed by atoms with Gasteiger partial charge in [-0.25, -0.2) is 4.98 Å². The second-order valence-electron chi connectivity index (χ2n) is 4.60. The molecule has 0 fully saturated rings. The van der Waals surface area contributed by atoms with Crippen molar-refractivity contribution in [2.24, 2.45) is 0 Å². The number of benzene rings is 1. The van der Waals surface area contributed by atoms with Crippen LogP contribution >= 0.6 is 0 Å². The van der Waals surface area contributed by atoms with Crippen molar-refractivity contribution in [3.8, 4) is 11.3 Å². The molecule has 0 spiro atoms. The van der Waals surface area contributed by atoms with Crippen LogP contribution in [0.2, 0.25) is 0 Å². The van der Waals surface area contributed by atoms with Gasteiger partial charge in [0.25, 0.3) is 5.69 Å². The lowest BCUT2D eigenvalue weighted by molar-refractivity contribution is -0.385. The molecular weight excluding hydrogens is 258 g/mol. The van der Waals surface area contributed by atoms with Gasteiger partial charge in [-0.05, 0) is 32.5 Å². The highest BCUT2D eigenvalue weighted by atomic mass is 16.6. The van der Waals surface area contributed by atoms with E-state index in [9.17, 15) is 10.1 Å². The molecule has 106 valence electrons. The fourth-order valence-corrected chi connectivity index (χ4v) is 2.03. The minimum atomic E-state index is -0.391. The fourth-order valence-electron chi connectivity index (χ4n) is 2.03. The Balaban J connectivity index is 2.28. The first-order valence-electron chi connectivity index (χ1n) is 6.47. The van der Waals surface area contributed by atoms with Crippen molar-refractivity contribution in [1.82, 2.24) is 10.3 Å². The quantitative estimate of drug-likeness (QED) is 0.669. The molecule has 0 radical (unpaired) electrons. The molecule has 1 atom stereocenters. The summed E-state index contributed by atoms with van der Waals surface area (Å²) in [6.45, 7) is 6.52. The summed E-state index contributed by atoms with van der Waals surface area (Å²) in [6.07, 6.45) is 1.64. The summed E-state index contributed by atoms with van der Waals surface area (Å²) in [6, 6.07) is 4.93. The van der Waals surface area contributed by atoms with E-state index in [0.717, 1.165) is 12.1 Å². The van der Waals surface area contributed by atoms with Crippen molar-refractivity contribution in [1.29, 1.82) is 0 Å². The average molecular weight is 275 g/mol. The van der Waals surface area contributed by atoms with Gasteiger partial charge in [-0.3, -0.25) is 10.1 Å². The second kappa shape index (κ2) is 5.83. The Morgan fingerprint density at radius 3 is 2.85 bits per heavy atom. The van der Waals surface area contributed by atoms with Gasteiger partial charge in [0.1, 0.15) is 0 Å². The maximum absolute atomic E-state index is 10.8. The van der Waals surface area contributed by atoms with Crippen molar-refractivity contribution in [3.63, 3.8) is 0 Å². The van der Waals surface area contributed by atoms with E-state index in [-0.39, 0.29) is 11.7 Å². The largest absolute Gasteiger partial charge is 0.439 e. The molecule has 0 aliphatic carbocycles. The van der Waals surface area contributed by atoms with Gasteiger partial charge in [0.15, 0.2) is 5.76 Å². The van der Waals surface area contributed by atoms with Crippen LogP contribution in [0.4, 0.5) is 5.69 Å². The Hall–Kier alpha value is -2.21. The summed E-state index contributed by atoms with van der Waals surface area (Å²) < 4.78 is 5.70. The zero-order valence-corrected chi connectivity index (χ0v) is 11.7. The number of nitro groups is 1. The molecule has 0 saturated carbocycles. The molecule has 2 aromatic rings. The summed E-state index contributed by atoms with van der Waals surface area (Å²) in [5, 5.41) is 14.0. The van der Waals surface area contributed by atoms with Crippen molar-refractivity contribution in [3.05, 3.63) is 46.0 Å². The molecule has 0 saturated heterocycles. The van der Waals surface area contributed by atoms with Crippen LogP contribution < -0.4 is 5.32 Å². The van der Waals surface area contributed by atoms with Crippen LogP contribution in [0.25, 0.3) is 11.3 Å². The van der Waals surface area contributed by atoms with Gasteiger partial charge in [-0.15, -0.1) is 0 Å². The third kappa shape index (κ3) is 2.85. The number of nitrogens with one attached hydrogen (secondary N) is 1. The number of rotatable bonds is 5. The lowest BCUT2D eigenvalue weighted by Gasteiger charge is -2.06. The van der Waals surface area contributed by atoms with E-state index in [0.29, 0.717) is 17.2 Å². The van der Waals surface area contributed by atoms with Crippen LogP contribution in [-0.2, 0) is 0 Å². The summed E-state index contributed by atoms with van der Waals surface area (Å²) in [5.74, 6) is 1.22. The van der Waals surface area contributed by atoms with E-state index in [1.54, 1.807) is 25.3 Å². The van der Waals surface area contributed by atoms with E-state index >= 15 is 0 Å². The zero-order chi connectivity index (χ0) is 14.7. The molecular formula is C14H17N3O3. The SMILES string of the molecule is CCNC(C)c1ncc(-c2ccc([N+](=O)[O-])c(C)c2)o1. The van der Waals surface area contributed by atoms with Crippen LogP contribution in [0.5, 0.6) is 0 Å². The van der Waals surface area contributed by atoms with Crippen LogP contribution in [0, 0.1) is 17.0 Å². The lowest BCUT2D eigenvalue weighted by Crippen LogP contribution is -2.17. The highest BCUT2D eigenvalue weighted by Crippen LogP contribution is 2.27. The van der Waals surface area contributed by atoms with Gasteiger partial charge in [0.05, 0.1) is 17.2 Å². The highest BCUT2D eigenvalue weighted by molar-refractivity contribution is 5.61. The Kier molecular flexibility index (Phi) is 4.14. The van der Waals surface area contributed by atoms with Gasteiger partial charge < -0.3 is 9.73 Å². The molecule has 6 heteroatoms. The molecule has 0 aliphatic rings. The van der Waals surface area contributed by atoms with E-state index in [2.05, 4.69) is 10.3 Å². The number of aryl methyl sites for hydroxylation is 1. The van der Waals surface area contributed by atoms with E-state index < -0.39 is 4.92 Å². The molecule has 1 aromatic carbocycles. The summed E-state index contributed by atoms with van der Waals surface area (Å²) >= 11 is 0. The third-order valence-electron chi connectivity index (χ3n) is 3.08. The Labute approximate surface area is 117 Å². The predicted octanol–water partition coefficient (Wildman–Crippen LogP) is 3.23. The summed E-state index contributed by atoms with van der Waals surface area (Å²) in [7, 11) is 0. The smallest absolute Gasteiger partial charge is 0.272 e. The maximum atomic E-state index is 10.8. The Bertz CT molecular complexity index is 622. The van der Waals surface area contributed by atoms with Gasteiger partial charge in [-0.2, -0.15) is 0 Å². The topological polar surface area (TPSA) is 81.2 Å². The third-order valence-corrected chi connectivity index (χ3v) is 3.08. The van der Waals surface area contributed by atoms with Crippen LogP contribution in [0.3, 0.4) is 0 Å². The maximum Gasteiger partial charge on any atom is 0.272 e. The zero-order valence-electron chi connectivity index (χ0n) is 11.7. The standard InChI is InChI=1S/C14H17N3O3/c1-4-15-10(3)14-16-8-13(20-14)11-5-6-12(17(18)19)9(2)7-11/h5-8,10,15H,4H2,1-3H3. The first-order valence-corrected chi connectivity index (χ1v) is 6.47. The van der Waals surface area contributed by atoms with Crippen molar-refractivity contribution >= 4 is 5.69 Å². The fraction of sp³-hybridized carbons (Fsp3) is 0.357. The van der Waals surface area contributed by atoms with Crippen molar-refractivity contribution in [2.75, 3.05) is 6.54 Å². The van der Waals surface area contributed by atoms with Crippen LogP contribution in [0.1, 0.15) is 31.3 Å². The van der Waals surface area contributed by atoms with E-state index in [1.807, 2.05) is 13.8 Å². The number of oxazole rings is 1. The minimum Gasteiger partial charge on any atom is -0.439 e. The number of hydrogen-bond acceptors (Lipinski definition) is 5. The molecule has 1 aromatic heterocycles. The predicted molar refractivity (Wildman–Crippen MR) is 75.4 cm³/mol. The van der Waals surface area contributed by atoms with Crippen molar-refractivity contribution < 1.29 is 9.34 Å². The first kappa shape index (κ1) is 14.2. The average Bonchev–Trinajstić information content (AvgIpc) is 2.88. The van der Waals surface area contributed by atoms with Crippen LogP contribution in [-0.4, -0.2) is 16.5 Å². The lowest BCUT2D eigenvalue weighted by atomic mass is 10.1. The molecule has 1 N–H and O–H groups in total. The molecule has 0 amide bonds. The molecule has 2 rings (SSSR count). The number of hydrogen-bond donors (Lipinski definition) is 1. The molecule has 1 unspecified atom stereocenters. The minimum absolute atomic E-state index is 0.0351. The number of nitrogens with zero attached hydrogens (tertiary/aromatic N) is 2. The number of aromatic nitrogens is 1. The molecule has 20 heavy (non-hydrogen) atoms. The van der Waals surface area contributed by atoms with Gasteiger partial charge in [0.2, 0.25) is 5.89 Å². The van der Waals surface area contributed by atoms with Gasteiger partial charge >= 0.3 is 0 Å². The van der Waals surface area contributed by atoms with Gasteiger partial charge in [-0.1, -0.05) is 6.92 Å². The normalized spacial score (nSPS) is 12.3.